The number of allylic oxidation sites excluding steroid dienone is 5. The van der Waals surface area contributed by atoms with Crippen LogP contribution in [0.3, 0.4) is 0 Å². The number of hydrogen-bond acceptors (Lipinski definition) is 3. The van der Waals surface area contributed by atoms with Gasteiger partial charge in [-0.15, -0.1) is 0 Å². The lowest BCUT2D eigenvalue weighted by molar-refractivity contribution is -0.115. The van der Waals surface area contributed by atoms with E-state index in [2.05, 4.69) is 17.2 Å². The zero-order valence-corrected chi connectivity index (χ0v) is 15.6. The molecule has 0 aliphatic heterocycles. The van der Waals surface area contributed by atoms with Gasteiger partial charge in [0.25, 0.3) is 0 Å². The van der Waals surface area contributed by atoms with Crippen molar-refractivity contribution in [2.24, 2.45) is 10.7 Å². The lowest BCUT2D eigenvalue weighted by atomic mass is 9.98. The van der Waals surface area contributed by atoms with Gasteiger partial charge in [0, 0.05) is 30.8 Å². The molecule has 0 aliphatic rings. The summed E-state index contributed by atoms with van der Waals surface area (Å²) in [7, 11) is 1.82. The van der Waals surface area contributed by atoms with Crippen LogP contribution in [0.2, 0.25) is 0 Å². The summed E-state index contributed by atoms with van der Waals surface area (Å²) < 4.78 is 0. The van der Waals surface area contributed by atoms with Gasteiger partial charge >= 0.3 is 0 Å². The molecule has 0 amide bonds. The molecule has 0 spiro atoms. The van der Waals surface area contributed by atoms with Crippen LogP contribution in [0.15, 0.2) is 51.3 Å². The minimum absolute atomic E-state index is 0.155. The number of ketones is 1. The van der Waals surface area contributed by atoms with E-state index in [0.29, 0.717) is 12.3 Å². The molecule has 4 nitrogen and oxygen atoms in total. The van der Waals surface area contributed by atoms with E-state index >= 15 is 0 Å². The average molecular weight is 317 g/mol. The first-order chi connectivity index (χ1) is 10.8. The van der Waals surface area contributed by atoms with Crippen LogP contribution in [0.4, 0.5) is 0 Å². The number of nitrogens with zero attached hydrogens (tertiary/aromatic N) is 1. The Hall–Kier alpha value is -2.10. The SMILES string of the molecule is C/C=C(/N=C(N)\C(C)=C/NC)C(\C)=C/C(C(=O)CC)=C(\C)CC. The molecule has 0 fully saturated rings. The smallest absolute Gasteiger partial charge is 0.162 e. The number of carbonyl (C=O) groups is 1. The van der Waals surface area contributed by atoms with Gasteiger partial charge in [-0.2, -0.15) is 0 Å². The molecule has 23 heavy (non-hydrogen) atoms. The Kier molecular flexibility index (Phi) is 9.63. The summed E-state index contributed by atoms with van der Waals surface area (Å²) in [5, 5.41) is 2.94. The number of carbonyl (C=O) groups excluding carboxylic acids is 1. The van der Waals surface area contributed by atoms with E-state index in [1.807, 2.05) is 53.8 Å². The second kappa shape index (κ2) is 10.6. The molecule has 0 aromatic carbocycles. The number of amidine groups is 1. The maximum Gasteiger partial charge on any atom is 0.162 e. The molecular weight excluding hydrogens is 286 g/mol. The van der Waals surface area contributed by atoms with Crippen LogP contribution in [0, 0.1) is 0 Å². The van der Waals surface area contributed by atoms with Gasteiger partial charge in [-0.25, -0.2) is 4.99 Å². The largest absolute Gasteiger partial charge is 0.394 e. The van der Waals surface area contributed by atoms with Crippen LogP contribution >= 0.6 is 0 Å². The first-order valence-electron chi connectivity index (χ1n) is 8.08. The van der Waals surface area contributed by atoms with Gasteiger partial charge in [-0.3, -0.25) is 4.79 Å². The number of Topliss-reactive ketones (excluding diaryl/α,β-unsaturated/α-hetero) is 1. The molecule has 4 heteroatoms. The lowest BCUT2D eigenvalue weighted by Gasteiger charge is -2.09. The van der Waals surface area contributed by atoms with Crippen LogP contribution in [0.1, 0.15) is 54.4 Å². The molecule has 0 aliphatic carbocycles. The average Bonchev–Trinajstić information content (AvgIpc) is 2.55. The standard InChI is InChI=1S/C19H31N3O/c1-8-13(4)16(18(23)10-3)11-14(5)17(9-2)22-19(20)15(6)12-21-7/h9,11-12,21H,8,10H2,1-7H3,(H2,20,22)/b14-11-,15-12-,16-13-,17-9+. The zero-order valence-electron chi connectivity index (χ0n) is 15.6. The van der Waals surface area contributed by atoms with E-state index < -0.39 is 0 Å². The fourth-order valence-electron chi connectivity index (χ4n) is 2.00. The highest BCUT2D eigenvalue weighted by molar-refractivity contribution is 5.99. The molecular formula is C19H31N3O. The Labute approximate surface area is 140 Å². The number of hydrogen-bond donors (Lipinski definition) is 2. The van der Waals surface area contributed by atoms with Crippen molar-refractivity contribution in [1.82, 2.24) is 5.32 Å². The van der Waals surface area contributed by atoms with E-state index in [-0.39, 0.29) is 5.78 Å². The minimum atomic E-state index is 0.155. The van der Waals surface area contributed by atoms with Crippen molar-refractivity contribution in [1.29, 1.82) is 0 Å². The number of rotatable bonds is 8. The number of nitrogens with one attached hydrogen (secondary N) is 1. The van der Waals surface area contributed by atoms with Gasteiger partial charge < -0.3 is 11.1 Å². The van der Waals surface area contributed by atoms with Crippen LogP contribution < -0.4 is 11.1 Å². The third-order valence-corrected chi connectivity index (χ3v) is 3.66. The van der Waals surface area contributed by atoms with Gasteiger partial charge in [0.2, 0.25) is 0 Å². The molecule has 0 unspecified atom stereocenters. The van der Waals surface area contributed by atoms with E-state index in [0.717, 1.165) is 34.4 Å². The molecule has 0 saturated heterocycles. The van der Waals surface area contributed by atoms with Gasteiger partial charge in [0.15, 0.2) is 5.78 Å². The van der Waals surface area contributed by atoms with Crippen LogP contribution in [-0.2, 0) is 4.79 Å². The first-order valence-corrected chi connectivity index (χ1v) is 8.08. The molecule has 0 aromatic heterocycles. The maximum absolute atomic E-state index is 12.2. The molecule has 0 saturated carbocycles. The molecule has 128 valence electrons. The van der Waals surface area contributed by atoms with E-state index in [1.54, 1.807) is 6.20 Å². The third kappa shape index (κ3) is 6.68. The highest BCUT2D eigenvalue weighted by Gasteiger charge is 2.10. The summed E-state index contributed by atoms with van der Waals surface area (Å²) in [5.74, 6) is 0.613. The van der Waals surface area contributed by atoms with E-state index in [9.17, 15) is 4.79 Å². The number of nitrogens with two attached hydrogens (primary N) is 1. The van der Waals surface area contributed by atoms with E-state index in [1.165, 1.54) is 0 Å². The van der Waals surface area contributed by atoms with Crippen LogP contribution in [0.5, 0.6) is 0 Å². The maximum atomic E-state index is 12.2. The van der Waals surface area contributed by atoms with E-state index in [4.69, 9.17) is 5.73 Å². The molecule has 0 radical (unpaired) electrons. The molecule has 3 N–H and O–H groups in total. The Morgan fingerprint density at radius 1 is 1.13 bits per heavy atom. The fraction of sp³-hybridized carbons (Fsp3) is 0.474. The van der Waals surface area contributed by atoms with Crippen LogP contribution in [-0.4, -0.2) is 18.7 Å². The summed E-state index contributed by atoms with van der Waals surface area (Å²) in [6.07, 6.45) is 6.98. The number of aliphatic imine (C=N–C) groups is 1. The fourth-order valence-corrected chi connectivity index (χ4v) is 2.00. The molecule has 0 bridgehead atoms. The Morgan fingerprint density at radius 2 is 1.74 bits per heavy atom. The third-order valence-electron chi connectivity index (χ3n) is 3.66. The van der Waals surface area contributed by atoms with Crippen molar-refractivity contribution in [3.8, 4) is 0 Å². The first kappa shape index (κ1) is 20.9. The summed E-state index contributed by atoms with van der Waals surface area (Å²) in [5.41, 5.74) is 10.5. The monoisotopic (exact) mass is 317 g/mol. The van der Waals surface area contributed by atoms with Crippen LogP contribution in [0.25, 0.3) is 0 Å². The molecule has 0 aromatic rings. The predicted molar refractivity (Wildman–Crippen MR) is 100 cm³/mol. The predicted octanol–water partition coefficient (Wildman–Crippen LogP) is 4.02. The molecule has 0 atom stereocenters. The van der Waals surface area contributed by atoms with Gasteiger partial charge in [0.05, 0.1) is 5.70 Å². The van der Waals surface area contributed by atoms with Gasteiger partial charge in [-0.1, -0.05) is 25.5 Å². The topological polar surface area (TPSA) is 67.5 Å². The summed E-state index contributed by atoms with van der Waals surface area (Å²) in [6.45, 7) is 11.7. The van der Waals surface area contributed by atoms with Crippen molar-refractivity contribution < 1.29 is 4.79 Å². The Bertz CT molecular complexity index is 575. The van der Waals surface area contributed by atoms with Gasteiger partial charge in [0.1, 0.15) is 5.84 Å². The normalized spacial score (nSPS) is 15.4. The van der Waals surface area contributed by atoms with Gasteiger partial charge in [-0.05, 0) is 45.8 Å². The Morgan fingerprint density at radius 3 is 2.17 bits per heavy atom. The van der Waals surface area contributed by atoms with Crippen molar-refractivity contribution in [3.05, 3.63) is 46.3 Å². The Balaban J connectivity index is 5.77. The second-order valence-corrected chi connectivity index (χ2v) is 5.44. The summed E-state index contributed by atoms with van der Waals surface area (Å²) in [6, 6.07) is 0. The summed E-state index contributed by atoms with van der Waals surface area (Å²) >= 11 is 0. The van der Waals surface area contributed by atoms with Crippen molar-refractivity contribution in [2.45, 2.75) is 54.4 Å². The highest BCUT2D eigenvalue weighted by atomic mass is 16.1. The van der Waals surface area contributed by atoms with Crippen molar-refractivity contribution in [2.75, 3.05) is 7.05 Å². The molecule has 0 rings (SSSR count). The summed E-state index contributed by atoms with van der Waals surface area (Å²) in [4.78, 5) is 16.7. The quantitative estimate of drug-likeness (QED) is 0.307. The highest BCUT2D eigenvalue weighted by Crippen LogP contribution is 2.19. The minimum Gasteiger partial charge on any atom is -0.394 e. The second-order valence-electron chi connectivity index (χ2n) is 5.44. The lowest BCUT2D eigenvalue weighted by Crippen LogP contribution is -2.15. The zero-order chi connectivity index (χ0) is 18.0. The van der Waals surface area contributed by atoms with Crippen molar-refractivity contribution in [3.63, 3.8) is 0 Å². The molecule has 0 heterocycles. The van der Waals surface area contributed by atoms with Crippen molar-refractivity contribution >= 4 is 11.6 Å².